The van der Waals surface area contributed by atoms with Gasteiger partial charge in [0.2, 0.25) is 0 Å². The number of benzene rings is 9. The van der Waals surface area contributed by atoms with Gasteiger partial charge in [0.05, 0.1) is 5.69 Å². The molecule has 0 fully saturated rings. The average Bonchev–Trinajstić information content (AvgIpc) is 3.83. The fourth-order valence-electron chi connectivity index (χ4n) is 8.25. The van der Waals surface area contributed by atoms with Crippen LogP contribution in [0.25, 0.3) is 84.5 Å². The largest absolute Gasteiger partial charge is 0.310 e. The number of anilines is 3. The second-order valence-electron chi connectivity index (χ2n) is 14.1. The van der Waals surface area contributed by atoms with E-state index in [4.69, 9.17) is 0 Å². The van der Waals surface area contributed by atoms with E-state index in [2.05, 4.69) is 205 Å². The Kier molecular flexibility index (Phi) is 7.61. The third-order valence-corrected chi connectivity index (χ3v) is 13.2. The highest BCUT2D eigenvalue weighted by atomic mass is 32.1. The molecule has 0 atom stereocenters. The van der Waals surface area contributed by atoms with Crippen LogP contribution >= 0.6 is 22.7 Å². The van der Waals surface area contributed by atoms with E-state index in [9.17, 15) is 0 Å². The van der Waals surface area contributed by atoms with Crippen LogP contribution in [0, 0.1) is 0 Å². The molecule has 1 nitrogen and oxygen atoms in total. The van der Waals surface area contributed by atoms with Gasteiger partial charge in [-0.2, -0.15) is 0 Å². The summed E-state index contributed by atoms with van der Waals surface area (Å²) in [5, 5.41) is 7.69. The van der Waals surface area contributed by atoms with Gasteiger partial charge < -0.3 is 4.90 Å². The van der Waals surface area contributed by atoms with E-state index in [0.29, 0.717) is 0 Å². The maximum Gasteiger partial charge on any atom is 0.0555 e. The van der Waals surface area contributed by atoms with Crippen LogP contribution in [0.5, 0.6) is 0 Å². The SMILES string of the molecule is c1ccc(-c2cccc3ccc(-c4ccc(N(c5ccc6c(c5)sc5ccccc56)c5ccc(-c6ccccc6)c6sc7ccccc7c56)cc4)cc23)cc1. The minimum atomic E-state index is 1.12. The van der Waals surface area contributed by atoms with Crippen molar-refractivity contribution >= 4 is 90.9 Å². The Morgan fingerprint density at radius 1 is 0.327 bits per heavy atom. The Labute approximate surface area is 327 Å². The zero-order valence-electron chi connectivity index (χ0n) is 29.8. The summed E-state index contributed by atoms with van der Waals surface area (Å²) in [6.45, 7) is 0. The summed E-state index contributed by atoms with van der Waals surface area (Å²) in [5.74, 6) is 0. The summed E-state index contributed by atoms with van der Waals surface area (Å²) in [5.41, 5.74) is 10.8. The van der Waals surface area contributed by atoms with Crippen LogP contribution in [0.4, 0.5) is 17.1 Å². The standard InChI is InChI=1S/C52H33NS2/c1-3-12-35(13-4-1)41-19-11-16-37-22-23-38(32-46(37)41)34-24-26-39(27-25-34)53(40-28-29-44-43-17-7-9-20-48(43)54-50(44)33-40)47-31-30-42(36-14-5-2-6-15-36)52-51(47)45-18-8-10-21-49(45)55-52/h1-33H. The molecule has 3 heteroatoms. The molecule has 0 spiro atoms. The minimum absolute atomic E-state index is 1.12. The molecule has 9 aromatic carbocycles. The Bertz CT molecular complexity index is 3190. The number of thiophene rings is 2. The molecule has 0 bridgehead atoms. The van der Waals surface area contributed by atoms with Crippen LogP contribution in [0.1, 0.15) is 0 Å². The van der Waals surface area contributed by atoms with Crippen molar-refractivity contribution in [2.75, 3.05) is 4.90 Å². The monoisotopic (exact) mass is 735 g/mol. The zero-order valence-corrected chi connectivity index (χ0v) is 31.4. The lowest BCUT2D eigenvalue weighted by Crippen LogP contribution is -2.10. The normalized spacial score (nSPS) is 11.6. The molecule has 0 unspecified atom stereocenters. The van der Waals surface area contributed by atoms with Crippen LogP contribution in [0.15, 0.2) is 200 Å². The van der Waals surface area contributed by atoms with Crippen LogP contribution in [0.3, 0.4) is 0 Å². The van der Waals surface area contributed by atoms with Crippen molar-refractivity contribution in [1.82, 2.24) is 0 Å². The van der Waals surface area contributed by atoms with Crippen molar-refractivity contribution < 1.29 is 0 Å². The topological polar surface area (TPSA) is 3.24 Å². The molecule has 0 radical (unpaired) electrons. The second-order valence-corrected chi connectivity index (χ2v) is 16.2. The van der Waals surface area contributed by atoms with E-state index in [1.165, 1.54) is 90.2 Å². The molecule has 0 saturated heterocycles. The fraction of sp³-hybridized carbons (Fsp3) is 0. The molecular weight excluding hydrogens is 703 g/mol. The van der Waals surface area contributed by atoms with E-state index in [0.717, 1.165) is 11.4 Å². The molecule has 258 valence electrons. The predicted molar refractivity (Wildman–Crippen MR) is 241 cm³/mol. The quantitative estimate of drug-likeness (QED) is 0.164. The van der Waals surface area contributed by atoms with Crippen LogP contribution in [0.2, 0.25) is 0 Å². The molecule has 11 rings (SSSR count). The molecule has 0 saturated carbocycles. The minimum Gasteiger partial charge on any atom is -0.310 e. The molecule has 55 heavy (non-hydrogen) atoms. The van der Waals surface area contributed by atoms with Gasteiger partial charge in [-0.15, -0.1) is 22.7 Å². The molecule has 0 aliphatic heterocycles. The summed E-state index contributed by atoms with van der Waals surface area (Å²) < 4.78 is 5.20. The van der Waals surface area contributed by atoms with E-state index in [1.54, 1.807) is 0 Å². The number of rotatable bonds is 6. The highest BCUT2D eigenvalue weighted by Crippen LogP contribution is 2.49. The van der Waals surface area contributed by atoms with Gasteiger partial charge in [0.15, 0.2) is 0 Å². The lowest BCUT2D eigenvalue weighted by molar-refractivity contribution is 1.31. The fourth-order valence-corrected chi connectivity index (χ4v) is 10.6. The lowest BCUT2D eigenvalue weighted by Gasteiger charge is -2.27. The summed E-state index contributed by atoms with van der Waals surface area (Å²) in [6.07, 6.45) is 0. The van der Waals surface area contributed by atoms with Gasteiger partial charge in [0.1, 0.15) is 0 Å². The molecule has 11 aromatic rings. The van der Waals surface area contributed by atoms with Crippen molar-refractivity contribution in [3.8, 4) is 33.4 Å². The molecule has 0 N–H and O–H groups in total. The van der Waals surface area contributed by atoms with Crippen LogP contribution in [-0.2, 0) is 0 Å². The van der Waals surface area contributed by atoms with Gasteiger partial charge in [0, 0.05) is 51.7 Å². The molecule has 2 aromatic heterocycles. The van der Waals surface area contributed by atoms with Gasteiger partial charge in [-0.05, 0) is 92.7 Å². The second kappa shape index (κ2) is 13.1. The first-order valence-corrected chi connectivity index (χ1v) is 20.3. The average molecular weight is 736 g/mol. The first-order valence-electron chi connectivity index (χ1n) is 18.7. The zero-order chi connectivity index (χ0) is 36.3. The Balaban J connectivity index is 1.10. The first-order chi connectivity index (χ1) is 27.3. The highest BCUT2D eigenvalue weighted by Gasteiger charge is 2.22. The molecule has 0 amide bonds. The lowest BCUT2D eigenvalue weighted by atomic mass is 9.94. The maximum atomic E-state index is 2.47. The summed E-state index contributed by atoms with van der Waals surface area (Å²) in [6, 6.07) is 73.4. The maximum absolute atomic E-state index is 2.47. The highest BCUT2D eigenvalue weighted by molar-refractivity contribution is 7.26. The van der Waals surface area contributed by atoms with Crippen molar-refractivity contribution in [2.24, 2.45) is 0 Å². The van der Waals surface area contributed by atoms with E-state index < -0.39 is 0 Å². The number of fused-ring (bicyclic) bond motifs is 7. The van der Waals surface area contributed by atoms with Gasteiger partial charge in [0.25, 0.3) is 0 Å². The van der Waals surface area contributed by atoms with Crippen LogP contribution in [-0.4, -0.2) is 0 Å². The Morgan fingerprint density at radius 2 is 0.964 bits per heavy atom. The molecule has 0 aliphatic rings. The van der Waals surface area contributed by atoms with Gasteiger partial charge in [-0.1, -0.05) is 152 Å². The van der Waals surface area contributed by atoms with Gasteiger partial charge >= 0.3 is 0 Å². The Hall–Kier alpha value is -6.52. The van der Waals surface area contributed by atoms with E-state index in [1.807, 2.05) is 22.7 Å². The van der Waals surface area contributed by atoms with Crippen LogP contribution < -0.4 is 4.90 Å². The third kappa shape index (κ3) is 5.43. The first kappa shape index (κ1) is 32.0. The number of hydrogen-bond acceptors (Lipinski definition) is 3. The predicted octanol–water partition coefficient (Wildman–Crippen LogP) is 16.0. The summed E-state index contributed by atoms with van der Waals surface area (Å²) >= 11 is 3.75. The third-order valence-electron chi connectivity index (χ3n) is 10.9. The number of nitrogens with zero attached hydrogens (tertiary/aromatic N) is 1. The van der Waals surface area contributed by atoms with Crippen molar-refractivity contribution in [3.05, 3.63) is 200 Å². The van der Waals surface area contributed by atoms with E-state index in [-0.39, 0.29) is 0 Å². The summed E-state index contributed by atoms with van der Waals surface area (Å²) in [4.78, 5) is 2.47. The van der Waals surface area contributed by atoms with Gasteiger partial charge in [-0.25, -0.2) is 0 Å². The van der Waals surface area contributed by atoms with Gasteiger partial charge in [-0.3, -0.25) is 0 Å². The van der Waals surface area contributed by atoms with E-state index >= 15 is 0 Å². The molecule has 0 aliphatic carbocycles. The number of hydrogen-bond donors (Lipinski definition) is 0. The van der Waals surface area contributed by atoms with Crippen molar-refractivity contribution in [3.63, 3.8) is 0 Å². The Morgan fingerprint density at radius 3 is 1.75 bits per heavy atom. The molecular formula is C52H33NS2. The molecule has 2 heterocycles. The summed E-state index contributed by atoms with van der Waals surface area (Å²) in [7, 11) is 0. The van der Waals surface area contributed by atoms with Crippen molar-refractivity contribution in [2.45, 2.75) is 0 Å². The van der Waals surface area contributed by atoms with Crippen molar-refractivity contribution in [1.29, 1.82) is 0 Å². The smallest absolute Gasteiger partial charge is 0.0555 e.